The second-order valence-corrected chi connectivity index (χ2v) is 6.73. The van der Waals surface area contributed by atoms with Gasteiger partial charge in [0.25, 0.3) is 5.91 Å². The van der Waals surface area contributed by atoms with Crippen molar-refractivity contribution in [3.63, 3.8) is 0 Å². The van der Waals surface area contributed by atoms with E-state index in [0.717, 1.165) is 14.9 Å². The van der Waals surface area contributed by atoms with E-state index in [-0.39, 0.29) is 5.91 Å². The standard InChI is InChI=1S/C14H10BrClN2OS/c1-7-8(2)20-14(11(7)6-17)18-13(19)10-5-9(15)3-4-12(10)16/h3-5H,1-2H3,(H,18,19). The number of thiophene rings is 1. The molecule has 102 valence electrons. The van der Waals surface area contributed by atoms with Crippen LogP contribution in [0.25, 0.3) is 0 Å². The average molecular weight is 370 g/mol. The minimum atomic E-state index is -0.325. The molecule has 0 aliphatic rings. The van der Waals surface area contributed by atoms with E-state index < -0.39 is 0 Å². The molecule has 6 heteroatoms. The number of carbonyl (C=O) groups is 1. The van der Waals surface area contributed by atoms with Crippen molar-refractivity contribution in [3.8, 4) is 6.07 Å². The number of aryl methyl sites for hydroxylation is 1. The number of hydrogen-bond acceptors (Lipinski definition) is 3. The second kappa shape index (κ2) is 5.96. The maximum absolute atomic E-state index is 12.3. The number of nitrogens with one attached hydrogen (secondary N) is 1. The maximum atomic E-state index is 12.3. The highest BCUT2D eigenvalue weighted by molar-refractivity contribution is 9.10. The Morgan fingerprint density at radius 2 is 2.15 bits per heavy atom. The zero-order valence-electron chi connectivity index (χ0n) is 10.8. The summed E-state index contributed by atoms with van der Waals surface area (Å²) >= 11 is 10.7. The number of benzene rings is 1. The Morgan fingerprint density at radius 3 is 2.80 bits per heavy atom. The van der Waals surface area contributed by atoms with Gasteiger partial charge in [-0.15, -0.1) is 11.3 Å². The second-order valence-electron chi connectivity index (χ2n) is 4.18. The minimum absolute atomic E-state index is 0.325. The fourth-order valence-electron chi connectivity index (χ4n) is 1.69. The van der Waals surface area contributed by atoms with E-state index in [1.54, 1.807) is 18.2 Å². The van der Waals surface area contributed by atoms with Gasteiger partial charge >= 0.3 is 0 Å². The summed E-state index contributed by atoms with van der Waals surface area (Å²) in [5.41, 5.74) is 1.77. The van der Waals surface area contributed by atoms with Gasteiger partial charge in [-0.1, -0.05) is 27.5 Å². The number of halogens is 2. The van der Waals surface area contributed by atoms with Gasteiger partial charge in [0.2, 0.25) is 0 Å². The lowest BCUT2D eigenvalue weighted by Gasteiger charge is -2.06. The third-order valence-corrected chi connectivity index (χ3v) is 4.84. The SMILES string of the molecule is Cc1sc(NC(=O)c2cc(Br)ccc2Cl)c(C#N)c1C. The lowest BCUT2D eigenvalue weighted by Crippen LogP contribution is -2.12. The molecule has 20 heavy (non-hydrogen) atoms. The molecule has 0 fully saturated rings. The molecule has 1 N–H and O–H groups in total. The monoisotopic (exact) mass is 368 g/mol. The Kier molecular flexibility index (Phi) is 4.48. The van der Waals surface area contributed by atoms with Crippen LogP contribution in [0.15, 0.2) is 22.7 Å². The normalized spacial score (nSPS) is 10.2. The predicted molar refractivity (Wildman–Crippen MR) is 85.6 cm³/mol. The van der Waals surface area contributed by atoms with Crippen LogP contribution in [0.3, 0.4) is 0 Å². The fourth-order valence-corrected chi connectivity index (χ4v) is 3.26. The van der Waals surface area contributed by atoms with Gasteiger partial charge in [-0.05, 0) is 37.6 Å². The van der Waals surface area contributed by atoms with Crippen LogP contribution in [0.2, 0.25) is 5.02 Å². The minimum Gasteiger partial charge on any atom is -0.312 e. The summed E-state index contributed by atoms with van der Waals surface area (Å²) in [7, 11) is 0. The molecule has 1 amide bonds. The van der Waals surface area contributed by atoms with Gasteiger partial charge in [-0.2, -0.15) is 5.26 Å². The molecule has 0 spiro atoms. The van der Waals surface area contributed by atoms with Crippen LogP contribution in [0.1, 0.15) is 26.4 Å². The molecule has 0 saturated carbocycles. The van der Waals surface area contributed by atoms with Gasteiger partial charge in [0, 0.05) is 9.35 Å². The van der Waals surface area contributed by atoms with E-state index in [0.29, 0.717) is 21.2 Å². The summed E-state index contributed by atoms with van der Waals surface area (Å²) in [5.74, 6) is -0.325. The van der Waals surface area contributed by atoms with E-state index >= 15 is 0 Å². The first-order valence-electron chi connectivity index (χ1n) is 5.70. The first-order chi connectivity index (χ1) is 9.43. The topological polar surface area (TPSA) is 52.9 Å². The molecule has 0 unspecified atom stereocenters. The van der Waals surface area contributed by atoms with E-state index in [1.807, 2.05) is 13.8 Å². The van der Waals surface area contributed by atoms with Crippen LogP contribution in [0.5, 0.6) is 0 Å². The Morgan fingerprint density at radius 1 is 1.45 bits per heavy atom. The summed E-state index contributed by atoms with van der Waals surface area (Å²) < 4.78 is 0.770. The fraction of sp³-hybridized carbons (Fsp3) is 0.143. The first-order valence-corrected chi connectivity index (χ1v) is 7.69. The predicted octanol–water partition coefficient (Wildman–Crippen LogP) is 4.90. The van der Waals surface area contributed by atoms with Crippen molar-refractivity contribution in [1.29, 1.82) is 5.26 Å². The van der Waals surface area contributed by atoms with Crippen molar-refractivity contribution >= 4 is 49.8 Å². The summed E-state index contributed by atoms with van der Waals surface area (Å²) in [6.45, 7) is 3.79. The van der Waals surface area contributed by atoms with Crippen LogP contribution in [0.4, 0.5) is 5.00 Å². The van der Waals surface area contributed by atoms with Crippen molar-refractivity contribution < 1.29 is 4.79 Å². The van der Waals surface area contributed by atoms with Crippen molar-refractivity contribution in [2.45, 2.75) is 13.8 Å². The number of anilines is 1. The first kappa shape index (κ1) is 15.0. The molecular weight excluding hydrogens is 360 g/mol. The largest absolute Gasteiger partial charge is 0.312 e. The molecule has 1 aromatic carbocycles. The van der Waals surface area contributed by atoms with Gasteiger partial charge in [0.05, 0.1) is 16.1 Å². The van der Waals surface area contributed by atoms with Crippen molar-refractivity contribution in [1.82, 2.24) is 0 Å². The highest BCUT2D eigenvalue weighted by Gasteiger charge is 2.17. The van der Waals surface area contributed by atoms with Crippen LogP contribution >= 0.6 is 38.9 Å². The van der Waals surface area contributed by atoms with Gasteiger partial charge in [0.15, 0.2) is 0 Å². The molecular formula is C14H10BrClN2OS. The molecule has 1 heterocycles. The number of rotatable bonds is 2. The molecule has 0 aliphatic heterocycles. The molecule has 3 nitrogen and oxygen atoms in total. The quantitative estimate of drug-likeness (QED) is 0.818. The highest BCUT2D eigenvalue weighted by atomic mass is 79.9. The van der Waals surface area contributed by atoms with Crippen molar-refractivity contribution in [2.75, 3.05) is 5.32 Å². The molecule has 1 aromatic heterocycles. The van der Waals surface area contributed by atoms with E-state index in [1.165, 1.54) is 11.3 Å². The number of nitriles is 1. The molecule has 0 saturated heterocycles. The van der Waals surface area contributed by atoms with Gasteiger partial charge in [0.1, 0.15) is 11.1 Å². The molecule has 0 aliphatic carbocycles. The Balaban J connectivity index is 2.36. The maximum Gasteiger partial charge on any atom is 0.257 e. The van der Waals surface area contributed by atoms with Crippen molar-refractivity contribution in [3.05, 3.63) is 49.3 Å². The van der Waals surface area contributed by atoms with Crippen LogP contribution in [-0.4, -0.2) is 5.91 Å². The third-order valence-electron chi connectivity index (χ3n) is 2.90. The summed E-state index contributed by atoms with van der Waals surface area (Å²) in [6.07, 6.45) is 0. The average Bonchev–Trinajstić information content (AvgIpc) is 2.67. The summed E-state index contributed by atoms with van der Waals surface area (Å²) in [6, 6.07) is 7.18. The van der Waals surface area contributed by atoms with E-state index in [4.69, 9.17) is 16.9 Å². The van der Waals surface area contributed by atoms with Crippen LogP contribution in [0, 0.1) is 25.2 Å². The van der Waals surface area contributed by atoms with Gasteiger partial charge in [-0.25, -0.2) is 0 Å². The van der Waals surface area contributed by atoms with Crippen molar-refractivity contribution in [2.24, 2.45) is 0 Å². The molecule has 0 radical (unpaired) electrons. The van der Waals surface area contributed by atoms with Gasteiger partial charge < -0.3 is 5.32 Å². The molecule has 0 bridgehead atoms. The highest BCUT2D eigenvalue weighted by Crippen LogP contribution is 2.32. The Labute approximate surface area is 134 Å². The lowest BCUT2D eigenvalue weighted by atomic mass is 10.1. The molecule has 2 rings (SSSR count). The zero-order valence-corrected chi connectivity index (χ0v) is 13.9. The van der Waals surface area contributed by atoms with Crippen LogP contribution < -0.4 is 5.32 Å². The smallest absolute Gasteiger partial charge is 0.257 e. The lowest BCUT2D eigenvalue weighted by molar-refractivity contribution is 0.102. The molecule has 2 aromatic rings. The number of hydrogen-bond donors (Lipinski definition) is 1. The Hall–Kier alpha value is -1.35. The Bertz CT molecular complexity index is 734. The zero-order chi connectivity index (χ0) is 14.9. The summed E-state index contributed by atoms with van der Waals surface area (Å²) in [5, 5.41) is 12.9. The third kappa shape index (κ3) is 2.88. The van der Waals surface area contributed by atoms with Gasteiger partial charge in [-0.3, -0.25) is 4.79 Å². The van der Waals surface area contributed by atoms with E-state index in [2.05, 4.69) is 27.3 Å². The van der Waals surface area contributed by atoms with E-state index in [9.17, 15) is 4.79 Å². The number of carbonyl (C=O) groups excluding carboxylic acids is 1. The number of nitrogens with zero attached hydrogens (tertiary/aromatic N) is 1. The van der Waals surface area contributed by atoms with Crippen LogP contribution in [-0.2, 0) is 0 Å². The summed E-state index contributed by atoms with van der Waals surface area (Å²) in [4.78, 5) is 13.3. The number of amides is 1. The molecule has 0 atom stereocenters.